The molecule has 0 saturated carbocycles. The molecule has 4 heteroatoms. The number of rotatable bonds is 3. The maximum absolute atomic E-state index is 5.77. The van der Waals surface area contributed by atoms with Gasteiger partial charge in [-0.15, -0.1) is 16.8 Å². The highest BCUT2D eigenvalue weighted by atomic mass is 35.5. The molecule has 0 atom stereocenters. The summed E-state index contributed by atoms with van der Waals surface area (Å²) >= 11 is 11.4. The first kappa shape index (κ1) is 9.49. The van der Waals surface area contributed by atoms with Gasteiger partial charge in [-0.1, -0.05) is 29.3 Å². The van der Waals surface area contributed by atoms with E-state index < -0.39 is 0 Å². The lowest BCUT2D eigenvalue weighted by Crippen LogP contribution is -1.91. The topological polar surface area (TPSA) is 25.8 Å². The molecule has 12 heavy (non-hydrogen) atoms. The first-order valence-corrected chi connectivity index (χ1v) is 4.28. The maximum atomic E-state index is 5.77. The highest BCUT2D eigenvalue weighted by Crippen LogP contribution is 2.16. The van der Waals surface area contributed by atoms with Crippen LogP contribution in [0.2, 0.25) is 10.3 Å². The summed E-state index contributed by atoms with van der Waals surface area (Å²) in [6.45, 7) is 3.62. The van der Waals surface area contributed by atoms with Crippen LogP contribution >= 0.6 is 23.2 Å². The molecule has 0 bridgehead atoms. The summed E-state index contributed by atoms with van der Waals surface area (Å²) in [6, 6.07) is 1.72. The fraction of sp³-hybridized carbons (Fsp3) is 0.250. The van der Waals surface area contributed by atoms with Crippen molar-refractivity contribution >= 4 is 23.2 Å². The maximum Gasteiger partial charge on any atom is 0.155 e. The van der Waals surface area contributed by atoms with Gasteiger partial charge >= 0.3 is 0 Å². The minimum absolute atomic E-state index is 0.374. The summed E-state index contributed by atoms with van der Waals surface area (Å²) in [4.78, 5) is 0. The molecule has 0 saturated heterocycles. The minimum atomic E-state index is 0.374. The van der Waals surface area contributed by atoms with Crippen molar-refractivity contribution in [3.63, 3.8) is 0 Å². The largest absolute Gasteiger partial charge is 0.155 e. The Hall–Kier alpha value is -0.600. The molecule has 1 rings (SSSR count). The van der Waals surface area contributed by atoms with Crippen molar-refractivity contribution in [2.45, 2.75) is 12.8 Å². The Balaban J connectivity index is 2.82. The Morgan fingerprint density at radius 2 is 2.17 bits per heavy atom. The van der Waals surface area contributed by atoms with Crippen LogP contribution in [0.1, 0.15) is 12.0 Å². The van der Waals surface area contributed by atoms with Gasteiger partial charge in [0, 0.05) is 0 Å². The van der Waals surface area contributed by atoms with Crippen LogP contribution in [0.3, 0.4) is 0 Å². The van der Waals surface area contributed by atoms with Crippen LogP contribution in [-0.2, 0) is 6.42 Å². The van der Waals surface area contributed by atoms with Crippen molar-refractivity contribution in [2.24, 2.45) is 0 Å². The van der Waals surface area contributed by atoms with Gasteiger partial charge in [0.2, 0.25) is 0 Å². The smallest absolute Gasteiger partial charge is 0.137 e. The standard InChI is InChI=1S/C8H8Cl2N2/c1-2-3-4-6-5-7(9)11-12-8(6)10/h2,5H,1,3-4H2. The second kappa shape index (κ2) is 4.43. The number of hydrogen-bond acceptors (Lipinski definition) is 2. The quantitative estimate of drug-likeness (QED) is 0.705. The van der Waals surface area contributed by atoms with Crippen molar-refractivity contribution in [3.05, 3.63) is 34.6 Å². The van der Waals surface area contributed by atoms with Crippen molar-refractivity contribution in [1.29, 1.82) is 0 Å². The van der Waals surface area contributed by atoms with Crippen LogP contribution in [0.15, 0.2) is 18.7 Å². The lowest BCUT2D eigenvalue weighted by Gasteiger charge is -1.99. The fourth-order valence-corrected chi connectivity index (χ4v) is 1.18. The molecular weight excluding hydrogens is 195 g/mol. The summed E-state index contributed by atoms with van der Waals surface area (Å²) in [6.07, 6.45) is 3.49. The third kappa shape index (κ3) is 2.47. The fourth-order valence-electron chi connectivity index (χ4n) is 0.821. The number of halogens is 2. The molecule has 0 amide bonds. The molecule has 0 aromatic carbocycles. The lowest BCUT2D eigenvalue weighted by molar-refractivity contribution is 0.942. The molecule has 0 aliphatic rings. The van der Waals surface area contributed by atoms with Crippen LogP contribution in [0.5, 0.6) is 0 Å². The van der Waals surface area contributed by atoms with Gasteiger partial charge in [-0.25, -0.2) is 0 Å². The lowest BCUT2D eigenvalue weighted by atomic mass is 10.2. The number of allylic oxidation sites excluding steroid dienone is 1. The van der Waals surface area contributed by atoms with Crippen LogP contribution in [-0.4, -0.2) is 10.2 Å². The van der Waals surface area contributed by atoms with Crippen LogP contribution < -0.4 is 0 Å². The zero-order chi connectivity index (χ0) is 8.97. The molecule has 2 nitrogen and oxygen atoms in total. The van der Waals surface area contributed by atoms with Gasteiger partial charge in [0.15, 0.2) is 10.3 Å². The van der Waals surface area contributed by atoms with Gasteiger partial charge in [0.05, 0.1) is 0 Å². The molecule has 0 N–H and O–H groups in total. The highest BCUT2D eigenvalue weighted by Gasteiger charge is 2.02. The predicted molar refractivity (Wildman–Crippen MR) is 50.6 cm³/mol. The summed E-state index contributed by atoms with van der Waals surface area (Å²) in [5.41, 5.74) is 0.913. The van der Waals surface area contributed by atoms with E-state index in [1.165, 1.54) is 0 Å². The highest BCUT2D eigenvalue weighted by molar-refractivity contribution is 6.31. The second-order valence-corrected chi connectivity index (χ2v) is 3.06. The Kier molecular flexibility index (Phi) is 3.50. The number of hydrogen-bond donors (Lipinski definition) is 0. The Bertz CT molecular complexity index is 286. The molecule has 0 unspecified atom stereocenters. The van der Waals surface area contributed by atoms with E-state index in [9.17, 15) is 0 Å². The first-order chi connectivity index (χ1) is 5.74. The predicted octanol–water partition coefficient (Wildman–Crippen LogP) is 2.90. The first-order valence-electron chi connectivity index (χ1n) is 3.52. The van der Waals surface area contributed by atoms with Crippen molar-refractivity contribution < 1.29 is 0 Å². The van der Waals surface area contributed by atoms with E-state index >= 15 is 0 Å². The van der Waals surface area contributed by atoms with Gasteiger partial charge in [0.25, 0.3) is 0 Å². The van der Waals surface area contributed by atoms with E-state index in [1.54, 1.807) is 6.07 Å². The molecule has 1 aromatic heterocycles. The van der Waals surface area contributed by atoms with E-state index in [-0.39, 0.29) is 0 Å². The third-order valence-electron chi connectivity index (χ3n) is 1.41. The van der Waals surface area contributed by atoms with E-state index in [2.05, 4.69) is 16.8 Å². The van der Waals surface area contributed by atoms with Crippen LogP contribution in [0, 0.1) is 0 Å². The zero-order valence-electron chi connectivity index (χ0n) is 6.43. The molecule has 64 valence electrons. The van der Waals surface area contributed by atoms with Gasteiger partial charge in [-0.2, -0.15) is 0 Å². The Morgan fingerprint density at radius 1 is 1.42 bits per heavy atom. The molecular formula is C8H8Cl2N2. The minimum Gasteiger partial charge on any atom is -0.137 e. The van der Waals surface area contributed by atoms with Crippen molar-refractivity contribution in [3.8, 4) is 0 Å². The van der Waals surface area contributed by atoms with Crippen molar-refractivity contribution in [1.82, 2.24) is 10.2 Å². The molecule has 0 aliphatic carbocycles. The van der Waals surface area contributed by atoms with Gasteiger partial charge < -0.3 is 0 Å². The van der Waals surface area contributed by atoms with E-state index in [0.717, 1.165) is 18.4 Å². The summed E-state index contributed by atoms with van der Waals surface area (Å²) in [5.74, 6) is 0. The van der Waals surface area contributed by atoms with E-state index in [0.29, 0.717) is 10.3 Å². The number of aryl methyl sites for hydroxylation is 1. The zero-order valence-corrected chi connectivity index (χ0v) is 7.94. The number of nitrogens with zero attached hydrogens (tertiary/aromatic N) is 2. The van der Waals surface area contributed by atoms with E-state index in [1.807, 2.05) is 6.08 Å². The Labute approximate surface area is 81.2 Å². The summed E-state index contributed by atoms with van der Waals surface area (Å²) in [7, 11) is 0. The summed E-state index contributed by atoms with van der Waals surface area (Å²) < 4.78 is 0. The van der Waals surface area contributed by atoms with Crippen LogP contribution in [0.25, 0.3) is 0 Å². The summed E-state index contributed by atoms with van der Waals surface area (Å²) in [5, 5.41) is 8.08. The normalized spacial score (nSPS) is 9.83. The number of aromatic nitrogens is 2. The van der Waals surface area contributed by atoms with Crippen molar-refractivity contribution in [2.75, 3.05) is 0 Å². The molecule has 0 spiro atoms. The van der Waals surface area contributed by atoms with Gasteiger partial charge in [-0.3, -0.25) is 0 Å². The average Bonchev–Trinajstić information content (AvgIpc) is 2.07. The molecule has 1 heterocycles. The molecule has 1 aromatic rings. The monoisotopic (exact) mass is 202 g/mol. The Morgan fingerprint density at radius 3 is 2.83 bits per heavy atom. The van der Waals surface area contributed by atoms with Crippen LogP contribution in [0.4, 0.5) is 0 Å². The SMILES string of the molecule is C=CCCc1cc(Cl)nnc1Cl. The molecule has 0 aliphatic heterocycles. The third-order valence-corrected chi connectivity index (χ3v) is 1.91. The van der Waals surface area contributed by atoms with Gasteiger partial charge in [-0.05, 0) is 24.5 Å². The molecule has 0 radical (unpaired) electrons. The molecule has 0 fully saturated rings. The van der Waals surface area contributed by atoms with E-state index in [4.69, 9.17) is 23.2 Å². The van der Waals surface area contributed by atoms with Gasteiger partial charge in [0.1, 0.15) is 0 Å². The second-order valence-electron chi connectivity index (χ2n) is 2.31. The average molecular weight is 203 g/mol.